The van der Waals surface area contributed by atoms with Gasteiger partial charge in [-0.15, -0.1) is 34.0 Å². The summed E-state index contributed by atoms with van der Waals surface area (Å²) < 4.78 is 27.8. The Balaban J connectivity index is 1.75. The third-order valence-electron chi connectivity index (χ3n) is 3.30. The highest BCUT2D eigenvalue weighted by Crippen LogP contribution is 2.31. The molecule has 0 saturated carbocycles. The standard InChI is InChI=1S/C15H16N2O2S4/c1-3-11-6-7-14(21-11)23(18,19)16-9-13-10(2)17-15(22-13)12-5-4-8-20-12/h4-8,16H,3,9H2,1-2H3. The molecule has 0 bridgehead atoms. The quantitative estimate of drug-likeness (QED) is 0.690. The summed E-state index contributed by atoms with van der Waals surface area (Å²) in [4.78, 5) is 7.67. The highest BCUT2D eigenvalue weighted by atomic mass is 32.2. The first-order chi connectivity index (χ1) is 11.0. The molecule has 0 aliphatic rings. The molecule has 8 heteroatoms. The maximum atomic E-state index is 12.4. The van der Waals surface area contributed by atoms with Gasteiger partial charge in [0.1, 0.15) is 9.22 Å². The largest absolute Gasteiger partial charge is 0.250 e. The Morgan fingerprint density at radius 2 is 2.04 bits per heavy atom. The summed E-state index contributed by atoms with van der Waals surface area (Å²) >= 11 is 4.49. The normalized spacial score (nSPS) is 11.9. The molecule has 0 amide bonds. The molecule has 1 N–H and O–H groups in total. The van der Waals surface area contributed by atoms with Gasteiger partial charge in [-0.2, -0.15) is 0 Å². The van der Waals surface area contributed by atoms with E-state index in [1.807, 2.05) is 37.4 Å². The number of thiophene rings is 2. The number of thiazole rings is 1. The second-order valence-electron chi connectivity index (χ2n) is 4.90. The summed E-state index contributed by atoms with van der Waals surface area (Å²) in [6.45, 7) is 4.20. The van der Waals surface area contributed by atoms with Gasteiger partial charge in [0.05, 0.1) is 10.6 Å². The molecule has 0 unspecified atom stereocenters. The molecule has 0 atom stereocenters. The molecule has 122 valence electrons. The van der Waals surface area contributed by atoms with Crippen molar-refractivity contribution in [3.8, 4) is 9.88 Å². The van der Waals surface area contributed by atoms with Gasteiger partial charge in [-0.1, -0.05) is 13.0 Å². The van der Waals surface area contributed by atoms with Crippen LogP contribution in [0.2, 0.25) is 0 Å². The predicted molar refractivity (Wildman–Crippen MR) is 97.9 cm³/mol. The lowest BCUT2D eigenvalue weighted by Crippen LogP contribution is -2.22. The van der Waals surface area contributed by atoms with E-state index in [-0.39, 0.29) is 6.54 Å². The minimum atomic E-state index is -3.46. The number of rotatable bonds is 6. The van der Waals surface area contributed by atoms with Crippen molar-refractivity contribution in [2.24, 2.45) is 0 Å². The fraction of sp³-hybridized carbons (Fsp3) is 0.267. The summed E-state index contributed by atoms with van der Waals surface area (Å²) in [5.74, 6) is 0. The molecule has 0 spiro atoms. The van der Waals surface area contributed by atoms with Gasteiger partial charge in [0.15, 0.2) is 0 Å². The van der Waals surface area contributed by atoms with E-state index in [4.69, 9.17) is 0 Å². The van der Waals surface area contributed by atoms with E-state index < -0.39 is 10.0 Å². The van der Waals surface area contributed by atoms with Gasteiger partial charge >= 0.3 is 0 Å². The number of hydrogen-bond acceptors (Lipinski definition) is 6. The third kappa shape index (κ3) is 3.72. The van der Waals surface area contributed by atoms with E-state index in [0.29, 0.717) is 4.21 Å². The minimum absolute atomic E-state index is 0.274. The lowest BCUT2D eigenvalue weighted by Gasteiger charge is -2.03. The van der Waals surface area contributed by atoms with Gasteiger partial charge in [0.2, 0.25) is 10.0 Å². The van der Waals surface area contributed by atoms with E-state index in [1.165, 1.54) is 22.7 Å². The van der Waals surface area contributed by atoms with E-state index in [9.17, 15) is 8.42 Å². The number of nitrogens with zero attached hydrogens (tertiary/aromatic N) is 1. The lowest BCUT2D eigenvalue weighted by molar-refractivity contribution is 0.584. The number of nitrogens with one attached hydrogen (secondary N) is 1. The van der Waals surface area contributed by atoms with Crippen molar-refractivity contribution in [1.82, 2.24) is 9.71 Å². The second-order valence-corrected chi connectivity index (χ2v) is 10.1. The van der Waals surface area contributed by atoms with Crippen LogP contribution in [0.5, 0.6) is 0 Å². The Morgan fingerprint density at radius 1 is 1.22 bits per heavy atom. The summed E-state index contributed by atoms with van der Waals surface area (Å²) in [5, 5.41) is 2.95. The molecule has 4 nitrogen and oxygen atoms in total. The van der Waals surface area contributed by atoms with Crippen LogP contribution in [0.1, 0.15) is 22.4 Å². The zero-order valence-electron chi connectivity index (χ0n) is 12.7. The summed E-state index contributed by atoms with van der Waals surface area (Å²) in [5.41, 5.74) is 0.876. The summed E-state index contributed by atoms with van der Waals surface area (Å²) in [6, 6.07) is 7.55. The van der Waals surface area contributed by atoms with Gasteiger partial charge in [-0.3, -0.25) is 0 Å². The molecule has 3 aromatic rings. The molecule has 0 aliphatic heterocycles. The number of aromatic nitrogens is 1. The molecule has 0 radical (unpaired) electrons. The fourth-order valence-electron chi connectivity index (χ4n) is 2.02. The van der Waals surface area contributed by atoms with Crippen LogP contribution < -0.4 is 4.72 Å². The van der Waals surface area contributed by atoms with Crippen molar-refractivity contribution in [1.29, 1.82) is 0 Å². The third-order valence-corrected chi connectivity index (χ3v) is 8.62. The topological polar surface area (TPSA) is 59.1 Å². The molecule has 0 aliphatic carbocycles. The Morgan fingerprint density at radius 3 is 2.70 bits per heavy atom. The first-order valence-corrected chi connectivity index (χ1v) is 11.1. The van der Waals surface area contributed by atoms with Gasteiger partial charge in [0.25, 0.3) is 0 Å². The monoisotopic (exact) mass is 384 g/mol. The van der Waals surface area contributed by atoms with Gasteiger partial charge in [-0.05, 0) is 36.9 Å². The minimum Gasteiger partial charge on any atom is -0.240 e. The summed E-state index contributed by atoms with van der Waals surface area (Å²) in [7, 11) is -3.46. The maximum Gasteiger partial charge on any atom is 0.250 e. The van der Waals surface area contributed by atoms with E-state index >= 15 is 0 Å². The van der Waals surface area contributed by atoms with Gasteiger partial charge in [0, 0.05) is 16.3 Å². The molecular weight excluding hydrogens is 368 g/mol. The van der Waals surface area contributed by atoms with Gasteiger partial charge < -0.3 is 0 Å². The zero-order chi connectivity index (χ0) is 16.4. The molecule has 0 aromatic carbocycles. The molecule has 0 fully saturated rings. The van der Waals surface area contributed by atoms with Crippen molar-refractivity contribution in [2.45, 2.75) is 31.0 Å². The van der Waals surface area contributed by atoms with Crippen LogP contribution >= 0.6 is 34.0 Å². The molecule has 3 rings (SSSR count). The molecule has 3 heterocycles. The molecule has 3 aromatic heterocycles. The van der Waals surface area contributed by atoms with E-state index in [2.05, 4.69) is 9.71 Å². The first kappa shape index (κ1) is 16.8. The highest BCUT2D eigenvalue weighted by Gasteiger charge is 2.18. The van der Waals surface area contributed by atoms with Gasteiger partial charge in [-0.25, -0.2) is 18.1 Å². The van der Waals surface area contributed by atoms with E-state index in [1.54, 1.807) is 17.4 Å². The van der Waals surface area contributed by atoms with Crippen LogP contribution in [0.3, 0.4) is 0 Å². The van der Waals surface area contributed by atoms with Crippen molar-refractivity contribution in [3.05, 3.63) is 45.1 Å². The number of hydrogen-bond donors (Lipinski definition) is 1. The van der Waals surface area contributed by atoms with Crippen molar-refractivity contribution in [3.63, 3.8) is 0 Å². The molecular formula is C15H16N2O2S4. The van der Waals surface area contributed by atoms with Crippen LogP contribution in [-0.2, 0) is 23.0 Å². The number of sulfonamides is 1. The van der Waals surface area contributed by atoms with Crippen LogP contribution in [0.25, 0.3) is 9.88 Å². The highest BCUT2D eigenvalue weighted by molar-refractivity contribution is 7.91. The van der Waals surface area contributed by atoms with Crippen LogP contribution in [0, 0.1) is 6.92 Å². The smallest absolute Gasteiger partial charge is 0.240 e. The lowest BCUT2D eigenvalue weighted by atomic mass is 10.4. The Labute approximate surface area is 147 Å². The van der Waals surface area contributed by atoms with Crippen molar-refractivity contribution < 1.29 is 8.42 Å². The maximum absolute atomic E-state index is 12.4. The molecule has 23 heavy (non-hydrogen) atoms. The second kappa shape index (κ2) is 6.82. The molecule has 0 saturated heterocycles. The fourth-order valence-corrected chi connectivity index (χ4v) is 6.25. The Bertz CT molecular complexity index is 892. The average molecular weight is 385 g/mol. The average Bonchev–Trinajstić information content (AvgIpc) is 3.25. The summed E-state index contributed by atoms with van der Waals surface area (Å²) in [6.07, 6.45) is 0.846. The Hall–Kier alpha value is -1.06. The number of aryl methyl sites for hydroxylation is 2. The predicted octanol–water partition coefficient (Wildman–Crippen LogP) is 4.28. The van der Waals surface area contributed by atoms with E-state index in [0.717, 1.165) is 31.8 Å². The van der Waals surface area contributed by atoms with Crippen LogP contribution in [-0.4, -0.2) is 13.4 Å². The first-order valence-electron chi connectivity index (χ1n) is 7.08. The Kier molecular flexibility index (Phi) is 4.98. The van der Waals surface area contributed by atoms with Crippen LogP contribution in [0.4, 0.5) is 0 Å². The van der Waals surface area contributed by atoms with Crippen molar-refractivity contribution in [2.75, 3.05) is 0 Å². The van der Waals surface area contributed by atoms with Crippen LogP contribution in [0.15, 0.2) is 33.9 Å². The van der Waals surface area contributed by atoms with Crippen molar-refractivity contribution >= 4 is 44.0 Å². The zero-order valence-corrected chi connectivity index (χ0v) is 16.0. The SMILES string of the molecule is CCc1ccc(S(=O)(=O)NCc2sc(-c3cccs3)nc2C)s1.